The minimum atomic E-state index is -3.91. The van der Waals surface area contributed by atoms with Gasteiger partial charge in [-0.15, -0.1) is 0 Å². The molecule has 8 heteroatoms. The number of alkyl carbamates (subject to hydrolysis) is 1. The molecule has 0 fully saturated rings. The lowest BCUT2D eigenvalue weighted by Crippen LogP contribution is -2.35. The van der Waals surface area contributed by atoms with E-state index in [4.69, 9.17) is 9.47 Å². The van der Waals surface area contributed by atoms with Crippen molar-refractivity contribution in [3.05, 3.63) is 71.8 Å². The van der Waals surface area contributed by atoms with Gasteiger partial charge in [0.25, 0.3) is 0 Å². The van der Waals surface area contributed by atoms with Crippen LogP contribution in [0.25, 0.3) is 0 Å². The van der Waals surface area contributed by atoms with Crippen LogP contribution in [0.3, 0.4) is 0 Å². The smallest absolute Gasteiger partial charge is 0.408 e. The third-order valence-electron chi connectivity index (χ3n) is 4.49. The second-order valence-corrected chi connectivity index (χ2v) is 9.38. The van der Waals surface area contributed by atoms with Gasteiger partial charge in [0.2, 0.25) is 7.37 Å². The van der Waals surface area contributed by atoms with Crippen LogP contribution in [0.1, 0.15) is 18.1 Å². The molecule has 0 bridgehead atoms. The summed E-state index contributed by atoms with van der Waals surface area (Å²) in [5.41, 5.74) is 1.65. The van der Waals surface area contributed by atoms with Crippen LogP contribution in [-0.2, 0) is 31.9 Å². The van der Waals surface area contributed by atoms with Crippen molar-refractivity contribution in [3.63, 3.8) is 0 Å². The highest BCUT2D eigenvalue weighted by Gasteiger charge is 2.35. The summed E-state index contributed by atoms with van der Waals surface area (Å²) in [6, 6.07) is 18.3. The molecule has 3 unspecified atom stereocenters. The number of hydrogen-bond acceptors (Lipinski definition) is 5. The highest BCUT2D eigenvalue weighted by Crippen LogP contribution is 2.47. The molecule has 0 spiro atoms. The van der Waals surface area contributed by atoms with Crippen LogP contribution >= 0.6 is 7.37 Å². The molecule has 1 amide bonds. The average molecular weight is 419 g/mol. The molecule has 2 N–H and O–H groups in total. The van der Waals surface area contributed by atoms with Crippen LogP contribution in [-0.4, -0.2) is 36.0 Å². The Morgan fingerprint density at radius 1 is 1.03 bits per heavy atom. The van der Waals surface area contributed by atoms with Crippen LogP contribution in [0.2, 0.25) is 0 Å². The SMILES string of the molecule is COC(=O)C(Cc1ccccc1)CP(=O)(O)C(C)NC(=O)OCc1ccccc1. The first-order valence-corrected chi connectivity index (χ1v) is 11.1. The maximum absolute atomic E-state index is 12.8. The van der Waals surface area contributed by atoms with E-state index in [0.29, 0.717) is 0 Å². The summed E-state index contributed by atoms with van der Waals surface area (Å²) >= 11 is 0. The Morgan fingerprint density at radius 2 is 1.59 bits per heavy atom. The molecular formula is C21H26NO6P. The van der Waals surface area contributed by atoms with E-state index in [0.717, 1.165) is 11.1 Å². The first-order valence-electron chi connectivity index (χ1n) is 9.22. The third-order valence-corrected chi connectivity index (χ3v) is 6.79. The fraction of sp³-hybridized carbons (Fsp3) is 0.333. The lowest BCUT2D eigenvalue weighted by atomic mass is 10.0. The summed E-state index contributed by atoms with van der Waals surface area (Å²) in [5.74, 6) is -2.45. The summed E-state index contributed by atoms with van der Waals surface area (Å²) in [7, 11) is -2.66. The Hall–Kier alpha value is -2.63. The van der Waals surface area contributed by atoms with E-state index in [9.17, 15) is 19.0 Å². The Kier molecular flexibility index (Phi) is 8.43. The van der Waals surface area contributed by atoms with Gasteiger partial charge in [0, 0.05) is 6.16 Å². The second kappa shape index (κ2) is 10.8. The first kappa shape index (κ1) is 22.7. The van der Waals surface area contributed by atoms with E-state index in [-0.39, 0.29) is 19.2 Å². The molecule has 0 radical (unpaired) electrons. The number of amides is 1. The molecule has 0 aromatic heterocycles. The lowest BCUT2D eigenvalue weighted by Gasteiger charge is -2.24. The Labute approximate surface area is 170 Å². The molecule has 2 aromatic rings. The first-order chi connectivity index (χ1) is 13.8. The van der Waals surface area contributed by atoms with Crippen LogP contribution in [0.5, 0.6) is 0 Å². The number of ether oxygens (including phenoxy) is 2. The predicted octanol–water partition coefficient (Wildman–Crippen LogP) is 3.56. The predicted molar refractivity (Wildman–Crippen MR) is 110 cm³/mol. The van der Waals surface area contributed by atoms with Gasteiger partial charge in [0.1, 0.15) is 12.4 Å². The standard InChI is InChI=1S/C21H26NO6P/c1-16(22-21(24)28-14-18-11-7-4-8-12-18)29(25,26)15-19(20(23)27-2)13-17-9-5-3-6-10-17/h3-12,16,19H,13-15H2,1-2H3,(H,22,24)(H,25,26). The largest absolute Gasteiger partial charge is 0.469 e. The van der Waals surface area contributed by atoms with Crippen molar-refractivity contribution < 1.29 is 28.5 Å². The fourth-order valence-electron chi connectivity index (χ4n) is 2.80. The molecule has 0 heterocycles. The van der Waals surface area contributed by atoms with E-state index >= 15 is 0 Å². The third kappa shape index (κ3) is 7.37. The Balaban J connectivity index is 1.95. The average Bonchev–Trinajstić information content (AvgIpc) is 2.72. The maximum atomic E-state index is 12.8. The summed E-state index contributed by atoms with van der Waals surface area (Å²) in [4.78, 5) is 34.6. The van der Waals surface area contributed by atoms with Gasteiger partial charge in [-0.25, -0.2) is 4.79 Å². The van der Waals surface area contributed by atoms with Crippen molar-refractivity contribution in [1.82, 2.24) is 5.32 Å². The van der Waals surface area contributed by atoms with Crippen molar-refractivity contribution in [1.29, 1.82) is 0 Å². The zero-order valence-corrected chi connectivity index (χ0v) is 17.4. The molecule has 0 saturated heterocycles. The zero-order chi connectivity index (χ0) is 21.3. The highest BCUT2D eigenvalue weighted by molar-refractivity contribution is 7.58. The molecular weight excluding hydrogens is 393 g/mol. The van der Waals surface area contributed by atoms with E-state index in [2.05, 4.69) is 5.32 Å². The van der Waals surface area contributed by atoms with Gasteiger partial charge in [-0.2, -0.15) is 0 Å². The van der Waals surface area contributed by atoms with Gasteiger partial charge in [-0.05, 0) is 24.5 Å². The summed E-state index contributed by atoms with van der Waals surface area (Å²) in [6.45, 7) is 1.47. The molecule has 0 saturated carbocycles. The monoisotopic (exact) mass is 419 g/mol. The minimum Gasteiger partial charge on any atom is -0.469 e. The number of rotatable bonds is 9. The number of carbonyl (C=O) groups excluding carboxylic acids is 2. The molecule has 3 atom stereocenters. The summed E-state index contributed by atoms with van der Waals surface area (Å²) in [6.07, 6.45) is -0.842. The van der Waals surface area contributed by atoms with Gasteiger partial charge in [-0.3, -0.25) is 9.36 Å². The summed E-state index contributed by atoms with van der Waals surface area (Å²) < 4.78 is 22.7. The number of methoxy groups -OCH3 is 1. The van der Waals surface area contributed by atoms with Crippen LogP contribution in [0.4, 0.5) is 4.79 Å². The Morgan fingerprint density at radius 3 is 2.14 bits per heavy atom. The number of benzene rings is 2. The van der Waals surface area contributed by atoms with Crippen molar-refractivity contribution in [2.75, 3.05) is 13.3 Å². The molecule has 0 aliphatic rings. The van der Waals surface area contributed by atoms with Crippen LogP contribution in [0.15, 0.2) is 60.7 Å². The van der Waals surface area contributed by atoms with Crippen molar-refractivity contribution in [3.8, 4) is 0 Å². The van der Waals surface area contributed by atoms with Crippen LogP contribution in [0, 0.1) is 5.92 Å². The lowest BCUT2D eigenvalue weighted by molar-refractivity contribution is -0.144. The number of nitrogens with one attached hydrogen (secondary N) is 1. The van der Waals surface area contributed by atoms with Gasteiger partial charge in [0.15, 0.2) is 0 Å². The molecule has 2 rings (SSSR count). The fourth-order valence-corrected chi connectivity index (χ4v) is 4.33. The highest BCUT2D eigenvalue weighted by atomic mass is 31.2. The number of carbonyl (C=O) groups is 2. The van der Waals surface area contributed by atoms with E-state index in [1.807, 2.05) is 48.5 Å². The van der Waals surface area contributed by atoms with E-state index in [1.165, 1.54) is 14.0 Å². The van der Waals surface area contributed by atoms with Crippen molar-refractivity contribution in [2.24, 2.45) is 5.92 Å². The quantitative estimate of drug-likeness (QED) is 0.476. The maximum Gasteiger partial charge on any atom is 0.408 e. The van der Waals surface area contributed by atoms with Gasteiger partial charge in [0.05, 0.1) is 13.0 Å². The van der Waals surface area contributed by atoms with Gasteiger partial charge >= 0.3 is 12.1 Å². The minimum absolute atomic E-state index is 0.0495. The number of hydrogen-bond donors (Lipinski definition) is 2. The molecule has 2 aromatic carbocycles. The van der Waals surface area contributed by atoms with E-state index in [1.54, 1.807) is 12.1 Å². The molecule has 0 aliphatic heterocycles. The van der Waals surface area contributed by atoms with Gasteiger partial charge < -0.3 is 19.7 Å². The van der Waals surface area contributed by atoms with Crippen molar-refractivity contribution >= 4 is 19.4 Å². The Bertz CT molecular complexity index is 843. The molecule has 29 heavy (non-hydrogen) atoms. The molecule has 0 aliphatic carbocycles. The van der Waals surface area contributed by atoms with E-state index < -0.39 is 31.1 Å². The second-order valence-electron chi connectivity index (χ2n) is 6.73. The molecule has 156 valence electrons. The number of esters is 1. The van der Waals surface area contributed by atoms with Crippen LogP contribution < -0.4 is 5.32 Å². The molecule has 7 nitrogen and oxygen atoms in total. The van der Waals surface area contributed by atoms with Gasteiger partial charge in [-0.1, -0.05) is 60.7 Å². The topological polar surface area (TPSA) is 102 Å². The normalized spacial score (nSPS) is 14.9. The summed E-state index contributed by atoms with van der Waals surface area (Å²) in [5, 5.41) is 2.39. The zero-order valence-electron chi connectivity index (χ0n) is 16.5. The van der Waals surface area contributed by atoms with Crippen molar-refractivity contribution in [2.45, 2.75) is 25.7 Å².